The molecule has 0 heterocycles. The van der Waals surface area contributed by atoms with Gasteiger partial charge in [-0.15, -0.1) is 0 Å². The van der Waals surface area contributed by atoms with Crippen LogP contribution in [0.25, 0.3) is 0 Å². The van der Waals surface area contributed by atoms with Gasteiger partial charge in [0, 0.05) is 22.0 Å². The largest absolute Gasteiger partial charge is 0.175 e. The van der Waals surface area contributed by atoms with Crippen molar-refractivity contribution in [3.05, 3.63) is 0 Å². The van der Waals surface area contributed by atoms with Gasteiger partial charge in [-0.2, -0.15) is 48.8 Å². The van der Waals surface area contributed by atoms with Gasteiger partial charge >= 0.3 is 0 Å². The molecule has 18 heavy (non-hydrogen) atoms. The summed E-state index contributed by atoms with van der Waals surface area (Å²) in [5.41, 5.74) is 0. The molecule has 1 saturated carbocycles. The molecular formula is C14H28S4. The average molecular weight is 325 g/mol. The molecule has 4 heteroatoms. The van der Waals surface area contributed by atoms with Crippen LogP contribution in [0, 0.1) is 11.8 Å². The molecule has 0 nitrogen and oxygen atoms in total. The third-order valence-electron chi connectivity index (χ3n) is 3.32. The fraction of sp³-hybridized carbons (Fsp3) is 1.00. The van der Waals surface area contributed by atoms with Gasteiger partial charge in [-0.25, -0.2) is 0 Å². The summed E-state index contributed by atoms with van der Waals surface area (Å²) in [4.78, 5) is 0. The van der Waals surface area contributed by atoms with Crippen molar-refractivity contribution in [1.29, 1.82) is 0 Å². The van der Waals surface area contributed by atoms with Crippen LogP contribution in [0.4, 0.5) is 0 Å². The first kappa shape index (κ1) is 17.5. The highest BCUT2D eigenvalue weighted by molar-refractivity contribution is 8.00. The second-order valence-electron chi connectivity index (χ2n) is 5.67. The molecule has 0 aromatic heterocycles. The molecule has 4 atom stereocenters. The maximum atomic E-state index is 4.45. The summed E-state index contributed by atoms with van der Waals surface area (Å²) in [7, 11) is 0. The fourth-order valence-electron chi connectivity index (χ4n) is 2.52. The van der Waals surface area contributed by atoms with Crippen molar-refractivity contribution < 1.29 is 0 Å². The molecule has 0 saturated heterocycles. The monoisotopic (exact) mass is 324 g/mol. The Labute approximate surface area is 133 Å². The summed E-state index contributed by atoms with van der Waals surface area (Å²) in [6, 6.07) is 0. The number of rotatable bonds is 8. The predicted octanol–water partition coefficient (Wildman–Crippen LogP) is 4.90. The van der Waals surface area contributed by atoms with E-state index in [4.69, 9.17) is 0 Å². The number of hydrogen-bond acceptors (Lipinski definition) is 4. The molecule has 1 rings (SSSR count). The van der Waals surface area contributed by atoms with Crippen LogP contribution in [0.1, 0.15) is 39.5 Å². The Bertz CT molecular complexity index is 186. The molecule has 0 bridgehead atoms. The van der Waals surface area contributed by atoms with E-state index in [-0.39, 0.29) is 0 Å². The van der Waals surface area contributed by atoms with Crippen LogP contribution in [0.3, 0.4) is 0 Å². The first-order chi connectivity index (χ1) is 8.58. The van der Waals surface area contributed by atoms with Crippen LogP contribution < -0.4 is 0 Å². The van der Waals surface area contributed by atoms with Crippen molar-refractivity contribution in [1.82, 2.24) is 0 Å². The molecule has 108 valence electrons. The third kappa shape index (κ3) is 8.55. The van der Waals surface area contributed by atoms with E-state index in [0.717, 1.165) is 11.8 Å². The molecule has 0 N–H and O–H groups in total. The molecule has 0 spiro atoms. The zero-order valence-electron chi connectivity index (χ0n) is 11.7. The summed E-state index contributed by atoms with van der Waals surface area (Å²) >= 11 is 13.1. The van der Waals surface area contributed by atoms with Gasteiger partial charge in [-0.1, -0.05) is 20.3 Å². The summed E-state index contributed by atoms with van der Waals surface area (Å²) in [5.74, 6) is 7.06. The molecule has 0 aromatic carbocycles. The summed E-state index contributed by atoms with van der Waals surface area (Å²) in [6.07, 6.45) is 5.82. The Morgan fingerprint density at radius 3 is 1.78 bits per heavy atom. The minimum atomic E-state index is 0.543. The number of thioether (sulfide) groups is 2. The van der Waals surface area contributed by atoms with E-state index in [9.17, 15) is 0 Å². The first-order valence-corrected chi connectivity index (χ1v) is 10.4. The first-order valence-electron chi connectivity index (χ1n) is 7.09. The van der Waals surface area contributed by atoms with Gasteiger partial charge in [-0.05, 0) is 42.6 Å². The maximum absolute atomic E-state index is 4.45. The van der Waals surface area contributed by atoms with Gasteiger partial charge in [0.05, 0.1) is 0 Å². The second-order valence-corrected chi connectivity index (χ2v) is 9.58. The molecule has 0 aromatic rings. The van der Waals surface area contributed by atoms with E-state index in [1.54, 1.807) is 0 Å². The lowest BCUT2D eigenvalue weighted by Crippen LogP contribution is -2.20. The highest BCUT2D eigenvalue weighted by Gasteiger charge is 2.21. The van der Waals surface area contributed by atoms with E-state index in [1.807, 2.05) is 0 Å². The van der Waals surface area contributed by atoms with Gasteiger partial charge in [0.15, 0.2) is 0 Å². The van der Waals surface area contributed by atoms with Crippen LogP contribution in [-0.4, -0.2) is 33.5 Å². The summed E-state index contributed by atoms with van der Waals surface area (Å²) in [5, 5.41) is 1.09. The predicted molar refractivity (Wildman–Crippen MR) is 97.0 cm³/mol. The van der Waals surface area contributed by atoms with Gasteiger partial charge in [0.2, 0.25) is 0 Å². The average Bonchev–Trinajstić information content (AvgIpc) is 2.28. The SMILES string of the molecule is CC(S)CSCC1CCCC(CSCC(C)S)C1. The summed E-state index contributed by atoms with van der Waals surface area (Å²) < 4.78 is 0. The molecule has 0 aliphatic heterocycles. The molecular weight excluding hydrogens is 296 g/mol. The molecule has 0 radical (unpaired) electrons. The Kier molecular flexibility index (Phi) is 9.86. The van der Waals surface area contributed by atoms with Gasteiger partial charge in [0.1, 0.15) is 0 Å². The Morgan fingerprint density at radius 2 is 1.39 bits per heavy atom. The standard InChI is InChI=1S/C14H28S4/c1-11(15)7-17-9-13-4-3-5-14(6-13)10-18-8-12(2)16/h11-16H,3-10H2,1-2H3. The zero-order valence-corrected chi connectivity index (χ0v) is 15.1. The lowest BCUT2D eigenvalue weighted by atomic mass is 9.83. The van der Waals surface area contributed by atoms with Gasteiger partial charge in [0.25, 0.3) is 0 Å². The topological polar surface area (TPSA) is 0 Å². The zero-order chi connectivity index (χ0) is 13.4. The number of hydrogen-bond donors (Lipinski definition) is 2. The minimum Gasteiger partial charge on any atom is -0.175 e. The smallest absolute Gasteiger partial charge is 0.00791 e. The van der Waals surface area contributed by atoms with Gasteiger partial charge in [-0.3, -0.25) is 0 Å². The van der Waals surface area contributed by atoms with Crippen LogP contribution in [0.2, 0.25) is 0 Å². The maximum Gasteiger partial charge on any atom is 0.00791 e. The molecule has 0 amide bonds. The van der Waals surface area contributed by atoms with Crippen LogP contribution in [0.15, 0.2) is 0 Å². The van der Waals surface area contributed by atoms with E-state index < -0.39 is 0 Å². The van der Waals surface area contributed by atoms with Crippen molar-refractivity contribution >= 4 is 48.8 Å². The van der Waals surface area contributed by atoms with Crippen LogP contribution in [0.5, 0.6) is 0 Å². The minimum absolute atomic E-state index is 0.543. The molecule has 1 fully saturated rings. The Morgan fingerprint density at radius 1 is 0.944 bits per heavy atom. The van der Waals surface area contributed by atoms with E-state index in [0.29, 0.717) is 10.5 Å². The van der Waals surface area contributed by atoms with Gasteiger partial charge < -0.3 is 0 Å². The van der Waals surface area contributed by atoms with Crippen LogP contribution in [-0.2, 0) is 0 Å². The van der Waals surface area contributed by atoms with Crippen molar-refractivity contribution in [3.63, 3.8) is 0 Å². The van der Waals surface area contributed by atoms with E-state index >= 15 is 0 Å². The second kappa shape index (κ2) is 10.2. The quantitative estimate of drug-likeness (QED) is 0.610. The van der Waals surface area contributed by atoms with Crippen molar-refractivity contribution in [3.8, 4) is 0 Å². The van der Waals surface area contributed by atoms with Crippen molar-refractivity contribution in [2.75, 3.05) is 23.0 Å². The van der Waals surface area contributed by atoms with E-state index in [2.05, 4.69) is 62.6 Å². The summed E-state index contributed by atoms with van der Waals surface area (Å²) in [6.45, 7) is 4.38. The Balaban J connectivity index is 2.11. The van der Waals surface area contributed by atoms with Crippen molar-refractivity contribution in [2.24, 2.45) is 11.8 Å². The highest BCUT2D eigenvalue weighted by atomic mass is 32.2. The van der Waals surface area contributed by atoms with Crippen LogP contribution >= 0.6 is 48.8 Å². The van der Waals surface area contributed by atoms with Crippen molar-refractivity contribution in [2.45, 2.75) is 50.0 Å². The fourth-order valence-corrected chi connectivity index (χ4v) is 5.37. The molecule has 1 aliphatic carbocycles. The number of thiol groups is 2. The Hall–Kier alpha value is 1.40. The molecule has 4 unspecified atom stereocenters. The third-order valence-corrected chi connectivity index (χ3v) is 7.06. The normalized spacial score (nSPS) is 28.0. The molecule has 1 aliphatic rings. The lowest BCUT2D eigenvalue weighted by Gasteiger charge is -2.29. The lowest BCUT2D eigenvalue weighted by molar-refractivity contribution is 0.309. The van der Waals surface area contributed by atoms with E-state index in [1.165, 1.54) is 48.7 Å². The highest BCUT2D eigenvalue weighted by Crippen LogP contribution is 2.33.